The van der Waals surface area contributed by atoms with Gasteiger partial charge in [0.2, 0.25) is 10.0 Å². The summed E-state index contributed by atoms with van der Waals surface area (Å²) in [5.74, 6) is 0. The minimum atomic E-state index is -4.54. The Labute approximate surface area is 110 Å². The van der Waals surface area contributed by atoms with Crippen molar-refractivity contribution in [2.75, 3.05) is 13.1 Å². The van der Waals surface area contributed by atoms with Crippen LogP contribution in [0.5, 0.6) is 0 Å². The molecular weight excluding hydrogens is 279 g/mol. The zero-order chi connectivity index (χ0) is 14.3. The Morgan fingerprint density at radius 3 is 2.21 bits per heavy atom. The van der Waals surface area contributed by atoms with E-state index in [9.17, 15) is 21.6 Å². The van der Waals surface area contributed by atoms with Gasteiger partial charge >= 0.3 is 6.18 Å². The average molecular weight is 293 g/mol. The van der Waals surface area contributed by atoms with E-state index < -0.39 is 21.8 Å². The molecule has 1 aliphatic rings. The van der Waals surface area contributed by atoms with Crippen LogP contribution in [0.2, 0.25) is 0 Å². The van der Waals surface area contributed by atoms with Crippen LogP contribution in [0, 0.1) is 6.92 Å². The van der Waals surface area contributed by atoms with Gasteiger partial charge in [0.25, 0.3) is 0 Å². The van der Waals surface area contributed by atoms with Crippen molar-refractivity contribution in [1.82, 2.24) is 4.31 Å². The van der Waals surface area contributed by atoms with Gasteiger partial charge in [0.05, 0.1) is 10.5 Å². The second-order valence-electron chi connectivity index (χ2n) is 4.64. The number of hydrogen-bond acceptors (Lipinski definition) is 2. The predicted molar refractivity (Wildman–Crippen MR) is 64.2 cm³/mol. The molecule has 0 bridgehead atoms. The normalized spacial score (nSPS) is 17.9. The monoisotopic (exact) mass is 293 g/mol. The second-order valence-corrected chi connectivity index (χ2v) is 6.58. The molecule has 0 radical (unpaired) electrons. The second kappa shape index (κ2) is 4.79. The molecule has 1 aromatic carbocycles. The summed E-state index contributed by atoms with van der Waals surface area (Å²) < 4.78 is 63.8. The molecule has 1 heterocycles. The van der Waals surface area contributed by atoms with Gasteiger partial charge < -0.3 is 0 Å². The largest absolute Gasteiger partial charge is 0.416 e. The number of aryl methyl sites for hydroxylation is 1. The fourth-order valence-electron chi connectivity index (χ4n) is 2.14. The van der Waals surface area contributed by atoms with Crippen LogP contribution in [-0.2, 0) is 16.2 Å². The molecule has 3 nitrogen and oxygen atoms in total. The molecular formula is C12H14F3NO2S. The van der Waals surface area contributed by atoms with Crippen molar-refractivity contribution >= 4 is 10.0 Å². The molecule has 0 spiro atoms. The van der Waals surface area contributed by atoms with Crippen molar-refractivity contribution in [3.8, 4) is 0 Å². The van der Waals surface area contributed by atoms with Crippen LogP contribution in [0.25, 0.3) is 0 Å². The highest BCUT2D eigenvalue weighted by Crippen LogP contribution is 2.32. The summed E-state index contributed by atoms with van der Waals surface area (Å²) in [4.78, 5) is -0.276. The highest BCUT2D eigenvalue weighted by molar-refractivity contribution is 7.89. The molecule has 0 aliphatic carbocycles. The lowest BCUT2D eigenvalue weighted by Gasteiger charge is -2.17. The predicted octanol–water partition coefficient (Wildman–Crippen LogP) is 2.80. The summed E-state index contributed by atoms with van der Waals surface area (Å²) in [7, 11) is -3.81. The van der Waals surface area contributed by atoms with Crippen LogP contribution >= 0.6 is 0 Å². The maximum absolute atomic E-state index is 12.7. The molecule has 1 fully saturated rings. The van der Waals surface area contributed by atoms with Gasteiger partial charge in [-0.3, -0.25) is 0 Å². The molecule has 0 N–H and O–H groups in total. The number of benzene rings is 1. The quantitative estimate of drug-likeness (QED) is 0.841. The summed E-state index contributed by atoms with van der Waals surface area (Å²) in [6.45, 7) is 2.20. The zero-order valence-corrected chi connectivity index (χ0v) is 11.2. The molecule has 0 unspecified atom stereocenters. The highest BCUT2D eigenvalue weighted by atomic mass is 32.2. The molecule has 1 aromatic rings. The van der Waals surface area contributed by atoms with E-state index in [4.69, 9.17) is 0 Å². The lowest BCUT2D eigenvalue weighted by molar-refractivity contribution is -0.137. The fraction of sp³-hybridized carbons (Fsp3) is 0.500. The van der Waals surface area contributed by atoms with E-state index in [1.165, 1.54) is 17.3 Å². The summed E-state index contributed by atoms with van der Waals surface area (Å²) in [6, 6.07) is 2.94. The molecule has 0 atom stereocenters. The van der Waals surface area contributed by atoms with Gasteiger partial charge in [-0.05, 0) is 43.5 Å². The van der Waals surface area contributed by atoms with E-state index in [-0.39, 0.29) is 10.5 Å². The van der Waals surface area contributed by atoms with Crippen molar-refractivity contribution in [3.05, 3.63) is 29.3 Å². The minimum absolute atomic E-state index is 0.276. The first-order valence-electron chi connectivity index (χ1n) is 5.90. The lowest BCUT2D eigenvalue weighted by Crippen LogP contribution is -2.28. The van der Waals surface area contributed by atoms with Gasteiger partial charge in [0.1, 0.15) is 0 Å². The number of rotatable bonds is 2. The lowest BCUT2D eigenvalue weighted by atomic mass is 10.1. The molecule has 0 amide bonds. The summed E-state index contributed by atoms with van der Waals surface area (Å²) >= 11 is 0. The van der Waals surface area contributed by atoms with Crippen molar-refractivity contribution in [2.24, 2.45) is 0 Å². The molecule has 0 aromatic heterocycles. The smallest absolute Gasteiger partial charge is 0.207 e. The first kappa shape index (κ1) is 14.3. The Morgan fingerprint density at radius 2 is 1.68 bits per heavy atom. The standard InChI is InChI=1S/C12H14F3NO2S/c1-9-6-10(12(13,14)15)8-11(7-9)19(17,18)16-4-2-3-5-16/h6-8H,2-5H2,1H3. The number of sulfonamides is 1. The summed E-state index contributed by atoms with van der Waals surface area (Å²) in [5, 5.41) is 0. The summed E-state index contributed by atoms with van der Waals surface area (Å²) in [6.07, 6.45) is -3.05. The van der Waals surface area contributed by atoms with Gasteiger partial charge in [-0.25, -0.2) is 8.42 Å². The number of nitrogens with zero attached hydrogens (tertiary/aromatic N) is 1. The fourth-order valence-corrected chi connectivity index (χ4v) is 3.79. The first-order chi connectivity index (χ1) is 8.71. The molecule has 19 heavy (non-hydrogen) atoms. The molecule has 1 aliphatic heterocycles. The molecule has 2 rings (SSSR count). The molecule has 106 valence electrons. The Kier molecular flexibility index (Phi) is 3.61. The maximum atomic E-state index is 12.7. The third-order valence-corrected chi connectivity index (χ3v) is 4.96. The molecule has 7 heteroatoms. The van der Waals surface area contributed by atoms with Gasteiger partial charge in [-0.1, -0.05) is 0 Å². The van der Waals surface area contributed by atoms with Gasteiger partial charge in [-0.2, -0.15) is 17.5 Å². The summed E-state index contributed by atoms with van der Waals surface area (Å²) in [5.41, 5.74) is -0.641. The van der Waals surface area contributed by atoms with E-state index in [0.29, 0.717) is 19.2 Å². The van der Waals surface area contributed by atoms with E-state index in [2.05, 4.69) is 0 Å². The van der Waals surface area contributed by atoms with Crippen molar-refractivity contribution < 1.29 is 21.6 Å². The van der Waals surface area contributed by atoms with Gasteiger partial charge in [-0.15, -0.1) is 0 Å². The molecule has 0 saturated carbocycles. The molecule has 1 saturated heterocycles. The van der Waals surface area contributed by atoms with Gasteiger partial charge in [0, 0.05) is 13.1 Å². The Morgan fingerprint density at radius 1 is 1.11 bits per heavy atom. The van der Waals surface area contributed by atoms with Crippen LogP contribution in [0.3, 0.4) is 0 Å². The maximum Gasteiger partial charge on any atom is 0.416 e. The third-order valence-electron chi connectivity index (χ3n) is 3.08. The van der Waals surface area contributed by atoms with E-state index in [1.54, 1.807) is 0 Å². The number of hydrogen-bond donors (Lipinski definition) is 0. The van der Waals surface area contributed by atoms with Crippen molar-refractivity contribution in [1.29, 1.82) is 0 Å². The average Bonchev–Trinajstić information content (AvgIpc) is 2.80. The topological polar surface area (TPSA) is 37.4 Å². The van der Waals surface area contributed by atoms with Gasteiger partial charge in [0.15, 0.2) is 0 Å². The zero-order valence-electron chi connectivity index (χ0n) is 10.4. The first-order valence-corrected chi connectivity index (χ1v) is 7.34. The van der Waals surface area contributed by atoms with Crippen molar-refractivity contribution in [3.63, 3.8) is 0 Å². The van der Waals surface area contributed by atoms with Crippen LogP contribution in [0.15, 0.2) is 23.1 Å². The Balaban J connectivity index is 2.48. The van der Waals surface area contributed by atoms with Crippen LogP contribution in [0.1, 0.15) is 24.0 Å². The van der Waals surface area contributed by atoms with Crippen LogP contribution in [-0.4, -0.2) is 25.8 Å². The number of alkyl halides is 3. The van der Waals surface area contributed by atoms with Crippen molar-refractivity contribution in [2.45, 2.75) is 30.8 Å². The van der Waals surface area contributed by atoms with Crippen LogP contribution < -0.4 is 0 Å². The Hall–Kier alpha value is -1.08. The SMILES string of the molecule is Cc1cc(C(F)(F)F)cc(S(=O)(=O)N2CCCC2)c1. The highest BCUT2D eigenvalue weighted by Gasteiger charge is 2.34. The third kappa shape index (κ3) is 2.92. The van der Waals surface area contributed by atoms with Crippen LogP contribution in [0.4, 0.5) is 13.2 Å². The number of halogens is 3. The van der Waals surface area contributed by atoms with E-state index in [0.717, 1.165) is 18.9 Å². The van der Waals surface area contributed by atoms with E-state index in [1.807, 2.05) is 0 Å². The van der Waals surface area contributed by atoms with E-state index >= 15 is 0 Å². The minimum Gasteiger partial charge on any atom is -0.207 e. The Bertz CT molecular complexity index is 575.